The lowest BCUT2D eigenvalue weighted by Crippen LogP contribution is -2.33. The van der Waals surface area contributed by atoms with Gasteiger partial charge in [-0.15, -0.1) is 0 Å². The van der Waals surface area contributed by atoms with Crippen molar-refractivity contribution in [2.45, 2.75) is 102 Å². The number of aliphatic hydroxyl groups excluding tert-OH is 1. The molecule has 0 aliphatic heterocycles. The van der Waals surface area contributed by atoms with E-state index in [4.69, 9.17) is 19.6 Å². The molecule has 8 nitrogen and oxygen atoms in total. The van der Waals surface area contributed by atoms with Crippen LogP contribution in [0.4, 0.5) is 19.0 Å². The second-order valence-electron chi connectivity index (χ2n) is 15.7. The van der Waals surface area contributed by atoms with Gasteiger partial charge in [0.15, 0.2) is 11.8 Å². The van der Waals surface area contributed by atoms with E-state index in [0.29, 0.717) is 49.4 Å². The van der Waals surface area contributed by atoms with Crippen LogP contribution in [0.25, 0.3) is 16.8 Å². The Labute approximate surface area is 272 Å². The minimum atomic E-state index is -4.79. The molecular formula is C33H50F3N5O3Si2. The van der Waals surface area contributed by atoms with E-state index >= 15 is 0 Å². The summed E-state index contributed by atoms with van der Waals surface area (Å²) in [6.45, 7) is 16.0. The van der Waals surface area contributed by atoms with E-state index in [0.717, 1.165) is 48.3 Å². The molecule has 2 saturated carbocycles. The topological polar surface area (TPSA) is 85.0 Å². The molecule has 0 saturated heterocycles. The van der Waals surface area contributed by atoms with Crippen LogP contribution < -0.4 is 4.90 Å². The van der Waals surface area contributed by atoms with Gasteiger partial charge in [0, 0.05) is 64.4 Å². The van der Waals surface area contributed by atoms with E-state index in [1.165, 1.54) is 31.5 Å². The van der Waals surface area contributed by atoms with Crippen molar-refractivity contribution in [2.24, 2.45) is 11.8 Å². The molecule has 3 aromatic rings. The lowest BCUT2D eigenvalue weighted by molar-refractivity contribution is -0.207. The fraction of sp³-hybridized carbons (Fsp3) is 0.667. The van der Waals surface area contributed by atoms with E-state index < -0.39 is 34.1 Å². The summed E-state index contributed by atoms with van der Waals surface area (Å²) in [5.74, 6) is 2.58. The average Bonchev–Trinajstić information content (AvgIpc) is 3.56. The maximum atomic E-state index is 13.1. The molecule has 2 bridgehead atoms. The number of ether oxygens (including phenoxy) is 2. The highest BCUT2D eigenvalue weighted by molar-refractivity contribution is 6.76. The number of nitrogens with zero attached hydrogens (tertiary/aromatic N) is 5. The van der Waals surface area contributed by atoms with Crippen LogP contribution in [0.1, 0.15) is 55.5 Å². The first-order chi connectivity index (χ1) is 21.6. The molecule has 46 heavy (non-hydrogen) atoms. The van der Waals surface area contributed by atoms with Crippen molar-refractivity contribution in [3.05, 3.63) is 42.0 Å². The normalized spacial score (nSPS) is 21.2. The monoisotopic (exact) mass is 677 g/mol. The predicted octanol–water partition coefficient (Wildman–Crippen LogP) is 8.11. The number of fused-ring (bicyclic) bond motifs is 3. The van der Waals surface area contributed by atoms with Gasteiger partial charge in [-0.05, 0) is 49.3 Å². The zero-order chi connectivity index (χ0) is 33.3. The van der Waals surface area contributed by atoms with Gasteiger partial charge in [0.05, 0.1) is 11.9 Å². The van der Waals surface area contributed by atoms with Crippen molar-refractivity contribution in [3.8, 4) is 11.1 Å². The molecule has 2 unspecified atom stereocenters. The third-order valence-corrected chi connectivity index (χ3v) is 12.7. The standard InChI is InChI=1S/C33H50F3N5O3Si2/c1-45(2,3)13-11-43-21-40(22-44-12-14-46(4,5)6)30-18-29(26-16-23-7-8-24(15-23)17-26)39-32-27(20-38-41(30)32)25-9-10-28(37-19-25)31(42)33(34,35)36/h9-10,18-20,23-24,26,31,42H,7-8,11-17,21-22H2,1-6H3/t23-,24+,26?,31?. The van der Waals surface area contributed by atoms with E-state index in [-0.39, 0.29) is 0 Å². The van der Waals surface area contributed by atoms with E-state index in [1.807, 2.05) is 0 Å². The Morgan fingerprint density at radius 2 is 1.54 bits per heavy atom. The second-order valence-corrected chi connectivity index (χ2v) is 26.9. The third kappa shape index (κ3) is 8.97. The molecule has 0 amide bonds. The van der Waals surface area contributed by atoms with Crippen LogP contribution in [-0.2, 0) is 9.47 Å². The van der Waals surface area contributed by atoms with Crippen LogP contribution in [0.5, 0.6) is 0 Å². The van der Waals surface area contributed by atoms with Crippen LogP contribution in [0.15, 0.2) is 30.6 Å². The maximum Gasteiger partial charge on any atom is 0.420 e. The number of pyridine rings is 1. The molecule has 1 N–H and O–H groups in total. The smallest absolute Gasteiger partial charge is 0.378 e. The van der Waals surface area contributed by atoms with E-state index in [9.17, 15) is 18.3 Å². The first-order valence-corrected chi connectivity index (χ1v) is 24.0. The number of hydrogen-bond acceptors (Lipinski definition) is 7. The molecule has 0 radical (unpaired) electrons. The quantitative estimate of drug-likeness (QED) is 0.105. The van der Waals surface area contributed by atoms with Gasteiger partial charge in [-0.2, -0.15) is 22.8 Å². The maximum absolute atomic E-state index is 13.1. The highest BCUT2D eigenvalue weighted by Gasteiger charge is 2.40. The first-order valence-electron chi connectivity index (χ1n) is 16.6. The average molecular weight is 678 g/mol. The summed E-state index contributed by atoms with van der Waals surface area (Å²) in [7, 11) is -2.56. The highest BCUT2D eigenvalue weighted by atomic mass is 28.3. The van der Waals surface area contributed by atoms with Crippen molar-refractivity contribution < 1.29 is 27.8 Å². The molecule has 4 atom stereocenters. The Hall–Kier alpha value is -2.33. The summed E-state index contributed by atoms with van der Waals surface area (Å²) in [5.41, 5.74) is 2.42. The molecule has 0 aromatic carbocycles. The molecule has 2 aliphatic carbocycles. The third-order valence-electron chi connectivity index (χ3n) is 9.28. The Morgan fingerprint density at radius 1 is 0.935 bits per heavy atom. The first kappa shape index (κ1) is 35.0. The van der Waals surface area contributed by atoms with E-state index in [2.05, 4.69) is 55.2 Å². The summed E-state index contributed by atoms with van der Waals surface area (Å²) < 4.78 is 53.7. The molecule has 13 heteroatoms. The Morgan fingerprint density at radius 3 is 2.07 bits per heavy atom. The lowest BCUT2D eigenvalue weighted by Gasteiger charge is -2.30. The van der Waals surface area contributed by atoms with Gasteiger partial charge in [0.1, 0.15) is 19.3 Å². The highest BCUT2D eigenvalue weighted by Crippen LogP contribution is 2.48. The molecule has 5 rings (SSSR count). The molecule has 0 spiro atoms. The lowest BCUT2D eigenvalue weighted by atomic mass is 9.79. The van der Waals surface area contributed by atoms with Crippen molar-refractivity contribution >= 4 is 27.6 Å². The van der Waals surface area contributed by atoms with Gasteiger partial charge < -0.3 is 19.5 Å². The minimum absolute atomic E-state index is 0.322. The predicted molar refractivity (Wildman–Crippen MR) is 180 cm³/mol. The summed E-state index contributed by atoms with van der Waals surface area (Å²) in [6.07, 6.45) is 1.67. The number of aliphatic hydroxyl groups is 1. The van der Waals surface area contributed by atoms with Crippen molar-refractivity contribution in [3.63, 3.8) is 0 Å². The molecule has 2 aliphatic rings. The summed E-state index contributed by atoms with van der Waals surface area (Å²) in [4.78, 5) is 11.2. The Kier molecular flexibility index (Phi) is 10.7. The number of halogens is 3. The van der Waals surface area contributed by atoms with Crippen LogP contribution in [0, 0.1) is 11.8 Å². The van der Waals surface area contributed by atoms with Gasteiger partial charge in [-0.1, -0.05) is 58.2 Å². The molecule has 254 valence electrons. The van der Waals surface area contributed by atoms with Crippen LogP contribution in [0.2, 0.25) is 51.4 Å². The van der Waals surface area contributed by atoms with Gasteiger partial charge >= 0.3 is 6.18 Å². The fourth-order valence-corrected chi connectivity index (χ4v) is 8.04. The number of rotatable bonds is 14. The van der Waals surface area contributed by atoms with Gasteiger partial charge in [0.25, 0.3) is 0 Å². The number of hydrogen-bond donors (Lipinski definition) is 1. The number of aromatic nitrogens is 4. The minimum Gasteiger partial charge on any atom is -0.378 e. The summed E-state index contributed by atoms with van der Waals surface area (Å²) in [6, 6.07) is 7.00. The van der Waals surface area contributed by atoms with Gasteiger partial charge in [-0.25, -0.2) is 4.98 Å². The van der Waals surface area contributed by atoms with E-state index in [1.54, 1.807) is 16.8 Å². The number of anilines is 1. The van der Waals surface area contributed by atoms with Crippen LogP contribution in [-0.4, -0.2) is 73.7 Å². The molecular weight excluding hydrogens is 628 g/mol. The molecule has 2 fully saturated rings. The van der Waals surface area contributed by atoms with Crippen molar-refractivity contribution in [2.75, 3.05) is 31.6 Å². The second kappa shape index (κ2) is 14.0. The fourth-order valence-electron chi connectivity index (χ4n) is 6.52. The van der Waals surface area contributed by atoms with Gasteiger partial charge in [-0.3, -0.25) is 4.98 Å². The SMILES string of the molecule is C[Si](C)(C)CCOCN(COCC[Si](C)(C)C)c1cc(C2C[C@H]3CC[C@@H](C2)C3)nc2c(-c3ccc(C(O)C(F)(F)F)nc3)cnn12. The largest absolute Gasteiger partial charge is 0.420 e. The Bertz CT molecular complexity index is 1420. The summed E-state index contributed by atoms with van der Waals surface area (Å²) in [5, 5.41) is 14.4. The number of alkyl halides is 3. The summed E-state index contributed by atoms with van der Waals surface area (Å²) >= 11 is 0. The zero-order valence-corrected chi connectivity index (χ0v) is 30.1. The van der Waals surface area contributed by atoms with Crippen LogP contribution in [0.3, 0.4) is 0 Å². The van der Waals surface area contributed by atoms with Gasteiger partial charge in [0.2, 0.25) is 0 Å². The zero-order valence-electron chi connectivity index (χ0n) is 28.1. The molecule has 3 aromatic heterocycles. The Balaban J connectivity index is 1.51. The van der Waals surface area contributed by atoms with Crippen molar-refractivity contribution in [1.82, 2.24) is 19.6 Å². The van der Waals surface area contributed by atoms with Crippen LogP contribution >= 0.6 is 0 Å². The van der Waals surface area contributed by atoms with Crippen molar-refractivity contribution in [1.29, 1.82) is 0 Å². The molecule has 3 heterocycles.